The number of likely N-dealkylation sites (tertiary alicyclic amines) is 1. The van der Waals surface area contributed by atoms with Crippen LogP contribution in [0.2, 0.25) is 0 Å². The quantitative estimate of drug-likeness (QED) is 0.826. The van der Waals surface area contributed by atoms with Crippen LogP contribution in [0.1, 0.15) is 25.0 Å². The van der Waals surface area contributed by atoms with Gasteiger partial charge in [-0.3, -0.25) is 4.90 Å². The molecule has 0 amide bonds. The van der Waals surface area contributed by atoms with Gasteiger partial charge < -0.3 is 10.8 Å². The molecular weight excluding hydrogens is 281 g/mol. The first-order valence-electron chi connectivity index (χ1n) is 7.04. The molecule has 0 aliphatic carbocycles. The molecule has 1 aliphatic rings. The molecule has 2 rings (SSSR count). The van der Waals surface area contributed by atoms with Gasteiger partial charge in [-0.15, -0.1) is 0 Å². The summed E-state index contributed by atoms with van der Waals surface area (Å²) >= 11 is 0. The van der Waals surface area contributed by atoms with Crippen LogP contribution >= 0.6 is 0 Å². The molecule has 0 aromatic heterocycles. The fraction of sp³-hybridized carbons (Fsp3) is 0.600. The van der Waals surface area contributed by atoms with E-state index in [0.29, 0.717) is 13.1 Å². The SMILES string of the molecule is C[C@@H]1CN(Cc2ccc(N)cc2C(F)(F)F)C[C@H](C)[C@H]1O. The predicted molar refractivity (Wildman–Crippen MR) is 75.5 cm³/mol. The molecule has 1 aliphatic heterocycles. The van der Waals surface area contributed by atoms with Crippen molar-refractivity contribution in [3.05, 3.63) is 29.3 Å². The van der Waals surface area contributed by atoms with Gasteiger partial charge >= 0.3 is 6.18 Å². The van der Waals surface area contributed by atoms with Crippen LogP contribution in [0.5, 0.6) is 0 Å². The smallest absolute Gasteiger partial charge is 0.399 e. The van der Waals surface area contributed by atoms with Crippen molar-refractivity contribution in [1.29, 1.82) is 0 Å². The van der Waals surface area contributed by atoms with E-state index in [0.717, 1.165) is 6.07 Å². The van der Waals surface area contributed by atoms with E-state index in [1.54, 1.807) is 0 Å². The van der Waals surface area contributed by atoms with E-state index in [2.05, 4.69) is 0 Å². The van der Waals surface area contributed by atoms with Gasteiger partial charge in [-0.2, -0.15) is 13.2 Å². The van der Waals surface area contributed by atoms with Crippen LogP contribution in [0.4, 0.5) is 18.9 Å². The molecule has 0 radical (unpaired) electrons. The molecular formula is C15H21F3N2O. The largest absolute Gasteiger partial charge is 0.416 e. The van der Waals surface area contributed by atoms with Gasteiger partial charge in [-0.25, -0.2) is 0 Å². The van der Waals surface area contributed by atoms with Gasteiger partial charge in [0.05, 0.1) is 11.7 Å². The maximum atomic E-state index is 13.1. The van der Waals surface area contributed by atoms with E-state index < -0.39 is 17.8 Å². The zero-order chi connectivity index (χ0) is 15.8. The molecule has 3 N–H and O–H groups in total. The minimum Gasteiger partial charge on any atom is -0.399 e. The molecule has 1 saturated heterocycles. The van der Waals surface area contributed by atoms with Crippen LogP contribution in [0, 0.1) is 11.8 Å². The van der Waals surface area contributed by atoms with Crippen LogP contribution in [0.25, 0.3) is 0 Å². The number of alkyl halides is 3. The maximum absolute atomic E-state index is 13.1. The summed E-state index contributed by atoms with van der Waals surface area (Å²) in [6, 6.07) is 3.93. The number of anilines is 1. The average Bonchev–Trinajstić information content (AvgIpc) is 2.37. The highest BCUT2D eigenvalue weighted by atomic mass is 19.4. The van der Waals surface area contributed by atoms with Crippen molar-refractivity contribution in [2.24, 2.45) is 11.8 Å². The zero-order valence-corrected chi connectivity index (χ0v) is 12.2. The predicted octanol–water partition coefficient (Wildman–Crippen LogP) is 2.74. The van der Waals surface area contributed by atoms with Crippen molar-refractivity contribution in [2.45, 2.75) is 32.7 Å². The number of piperidine rings is 1. The molecule has 3 nitrogen and oxygen atoms in total. The highest BCUT2D eigenvalue weighted by Gasteiger charge is 2.35. The summed E-state index contributed by atoms with van der Waals surface area (Å²) < 4.78 is 39.3. The molecule has 21 heavy (non-hydrogen) atoms. The minimum atomic E-state index is -4.41. The minimum absolute atomic E-state index is 0.0527. The monoisotopic (exact) mass is 302 g/mol. The van der Waals surface area contributed by atoms with Crippen molar-refractivity contribution in [3.63, 3.8) is 0 Å². The summed E-state index contributed by atoms with van der Waals surface area (Å²) in [6.45, 7) is 5.23. The summed E-state index contributed by atoms with van der Waals surface area (Å²) in [6.07, 6.45) is -4.80. The highest BCUT2D eigenvalue weighted by molar-refractivity contribution is 5.46. The number of nitrogen functional groups attached to an aromatic ring is 1. The average molecular weight is 302 g/mol. The zero-order valence-electron chi connectivity index (χ0n) is 12.2. The lowest BCUT2D eigenvalue weighted by Crippen LogP contribution is -2.47. The highest BCUT2D eigenvalue weighted by Crippen LogP contribution is 2.34. The van der Waals surface area contributed by atoms with Crippen molar-refractivity contribution < 1.29 is 18.3 Å². The Morgan fingerprint density at radius 2 is 1.81 bits per heavy atom. The molecule has 1 fully saturated rings. The Hall–Kier alpha value is -1.27. The lowest BCUT2D eigenvalue weighted by molar-refractivity contribution is -0.138. The Kier molecular flexibility index (Phi) is 4.49. The Bertz CT molecular complexity index is 492. The molecule has 0 unspecified atom stereocenters. The Balaban J connectivity index is 2.20. The van der Waals surface area contributed by atoms with Crippen LogP contribution in [-0.4, -0.2) is 29.2 Å². The standard InChI is InChI=1S/C15H21F3N2O/c1-9-6-20(7-10(2)14(9)21)8-11-3-4-12(19)5-13(11)15(16,17)18/h3-5,9-10,14,21H,6-8,19H2,1-2H3/t9-,10+,14+. The Morgan fingerprint density at radius 1 is 1.24 bits per heavy atom. The van der Waals surface area contributed by atoms with Gasteiger partial charge in [0.1, 0.15) is 0 Å². The Morgan fingerprint density at radius 3 is 2.33 bits per heavy atom. The fourth-order valence-corrected chi connectivity index (χ4v) is 3.03. The summed E-state index contributed by atoms with van der Waals surface area (Å²) in [7, 11) is 0. The number of nitrogens with zero attached hydrogens (tertiary/aromatic N) is 1. The third kappa shape index (κ3) is 3.68. The van der Waals surface area contributed by atoms with Gasteiger partial charge in [0.2, 0.25) is 0 Å². The normalized spacial score (nSPS) is 27.8. The van der Waals surface area contributed by atoms with Gasteiger partial charge in [-0.05, 0) is 29.5 Å². The topological polar surface area (TPSA) is 49.5 Å². The molecule has 3 atom stereocenters. The molecule has 0 spiro atoms. The molecule has 1 heterocycles. The maximum Gasteiger partial charge on any atom is 0.416 e. The number of aliphatic hydroxyl groups is 1. The van der Waals surface area contributed by atoms with Gasteiger partial charge in [0, 0.05) is 25.3 Å². The summed E-state index contributed by atoms with van der Waals surface area (Å²) in [5, 5.41) is 9.93. The molecule has 118 valence electrons. The van der Waals surface area contributed by atoms with E-state index >= 15 is 0 Å². The fourth-order valence-electron chi connectivity index (χ4n) is 3.03. The van der Waals surface area contributed by atoms with Crippen molar-refractivity contribution in [3.8, 4) is 0 Å². The number of aliphatic hydroxyl groups excluding tert-OH is 1. The second kappa shape index (κ2) is 5.85. The number of halogens is 3. The third-order valence-electron chi connectivity index (χ3n) is 4.09. The molecule has 1 aromatic carbocycles. The molecule has 1 aromatic rings. The number of hydrogen-bond acceptors (Lipinski definition) is 3. The summed E-state index contributed by atoms with van der Waals surface area (Å²) in [5.74, 6) is 0.105. The summed E-state index contributed by atoms with van der Waals surface area (Å²) in [5.41, 5.74) is 5.14. The molecule has 6 heteroatoms. The van der Waals surface area contributed by atoms with E-state index in [4.69, 9.17) is 5.73 Å². The van der Waals surface area contributed by atoms with Gasteiger partial charge in [-0.1, -0.05) is 19.9 Å². The first-order valence-corrected chi connectivity index (χ1v) is 7.04. The first kappa shape index (κ1) is 16.1. The van der Waals surface area contributed by atoms with Gasteiger partial charge in [0.25, 0.3) is 0 Å². The van der Waals surface area contributed by atoms with Gasteiger partial charge in [0.15, 0.2) is 0 Å². The second-order valence-corrected chi connectivity index (χ2v) is 6.05. The van der Waals surface area contributed by atoms with Crippen molar-refractivity contribution >= 4 is 5.69 Å². The second-order valence-electron chi connectivity index (χ2n) is 6.05. The van der Waals surface area contributed by atoms with Crippen LogP contribution in [0.3, 0.4) is 0 Å². The Labute approximate surface area is 122 Å². The lowest BCUT2D eigenvalue weighted by atomic mass is 9.88. The number of hydrogen-bond donors (Lipinski definition) is 2. The third-order valence-corrected chi connectivity index (χ3v) is 4.09. The van der Waals surface area contributed by atoms with Crippen LogP contribution < -0.4 is 5.73 Å². The van der Waals surface area contributed by atoms with Crippen LogP contribution in [0.15, 0.2) is 18.2 Å². The lowest BCUT2D eigenvalue weighted by Gasteiger charge is -2.39. The van der Waals surface area contributed by atoms with E-state index in [1.807, 2.05) is 18.7 Å². The van der Waals surface area contributed by atoms with Crippen LogP contribution in [-0.2, 0) is 12.7 Å². The summed E-state index contributed by atoms with van der Waals surface area (Å²) in [4.78, 5) is 1.96. The molecule has 0 saturated carbocycles. The van der Waals surface area contributed by atoms with E-state index in [1.165, 1.54) is 12.1 Å². The number of nitrogens with two attached hydrogens (primary N) is 1. The number of benzene rings is 1. The van der Waals surface area contributed by atoms with E-state index in [-0.39, 0.29) is 29.6 Å². The number of rotatable bonds is 2. The van der Waals surface area contributed by atoms with E-state index in [9.17, 15) is 18.3 Å². The first-order chi connectivity index (χ1) is 9.68. The van der Waals surface area contributed by atoms with Crippen molar-refractivity contribution in [1.82, 2.24) is 4.90 Å². The van der Waals surface area contributed by atoms with Crippen molar-refractivity contribution in [2.75, 3.05) is 18.8 Å². The molecule has 0 bridgehead atoms.